The molecule has 2 aromatic rings. The van der Waals surface area contributed by atoms with Crippen LogP contribution in [0.1, 0.15) is 22.3 Å². The van der Waals surface area contributed by atoms with Gasteiger partial charge in [0.1, 0.15) is 5.82 Å². The second-order valence-electron chi connectivity index (χ2n) is 4.88. The fourth-order valence-corrected chi connectivity index (χ4v) is 2.45. The number of carbonyl (C=O) groups excluding carboxylic acids is 1. The van der Waals surface area contributed by atoms with Crippen molar-refractivity contribution in [3.63, 3.8) is 0 Å². The van der Waals surface area contributed by atoms with Gasteiger partial charge in [-0.15, -0.1) is 6.42 Å². The van der Waals surface area contributed by atoms with Gasteiger partial charge in [0.15, 0.2) is 5.78 Å². The molecule has 0 radical (unpaired) electrons. The van der Waals surface area contributed by atoms with Crippen molar-refractivity contribution in [2.45, 2.75) is 6.42 Å². The van der Waals surface area contributed by atoms with Crippen LogP contribution in [0.3, 0.4) is 0 Å². The number of carbonyl (C=O) groups is 1. The van der Waals surface area contributed by atoms with Gasteiger partial charge in [-0.3, -0.25) is 9.79 Å². The van der Waals surface area contributed by atoms with Crippen LogP contribution in [0.4, 0.5) is 4.39 Å². The van der Waals surface area contributed by atoms with Crippen LogP contribution >= 0.6 is 0 Å². The monoisotopic (exact) mass is 277 g/mol. The van der Waals surface area contributed by atoms with E-state index in [-0.39, 0.29) is 18.1 Å². The van der Waals surface area contributed by atoms with Gasteiger partial charge in [-0.1, -0.05) is 24.1 Å². The summed E-state index contributed by atoms with van der Waals surface area (Å²) in [6.07, 6.45) is 5.73. The number of rotatable bonds is 1. The molecule has 0 fully saturated rings. The molecule has 1 aliphatic rings. The Kier molecular flexibility index (Phi) is 3.37. The lowest BCUT2D eigenvalue weighted by molar-refractivity contribution is -0.117. The van der Waals surface area contributed by atoms with E-state index in [1.165, 1.54) is 6.07 Å². The average Bonchev–Trinajstić information content (AvgIpc) is 2.65. The lowest BCUT2D eigenvalue weighted by Crippen LogP contribution is -2.08. The van der Waals surface area contributed by atoms with E-state index in [1.54, 1.807) is 30.3 Å². The second-order valence-corrected chi connectivity index (χ2v) is 4.88. The molecule has 1 aliphatic heterocycles. The minimum Gasteiger partial charge on any atom is -0.297 e. The van der Waals surface area contributed by atoms with Crippen LogP contribution in [0.5, 0.6) is 0 Å². The smallest absolute Gasteiger partial charge is 0.158 e. The van der Waals surface area contributed by atoms with Crippen LogP contribution in [0.2, 0.25) is 0 Å². The van der Waals surface area contributed by atoms with Crippen molar-refractivity contribution in [3.8, 4) is 12.3 Å². The summed E-state index contributed by atoms with van der Waals surface area (Å²) >= 11 is 0. The molecule has 1 heterocycles. The first-order valence-corrected chi connectivity index (χ1v) is 6.60. The Labute approximate surface area is 122 Å². The van der Waals surface area contributed by atoms with Gasteiger partial charge in [-0.05, 0) is 29.8 Å². The van der Waals surface area contributed by atoms with E-state index >= 15 is 0 Å². The van der Waals surface area contributed by atoms with E-state index in [4.69, 9.17) is 6.42 Å². The third kappa shape index (κ3) is 2.48. The summed E-state index contributed by atoms with van der Waals surface area (Å²) in [7, 11) is 0. The number of Topliss-reactive ketones (excluding diaryl/α,β-unsaturated/α-hetero) is 1. The van der Waals surface area contributed by atoms with Crippen molar-refractivity contribution in [1.82, 2.24) is 0 Å². The maximum Gasteiger partial charge on any atom is 0.158 e. The van der Waals surface area contributed by atoms with E-state index in [0.29, 0.717) is 23.3 Å². The Hall–Kier alpha value is -2.73. The van der Waals surface area contributed by atoms with Crippen molar-refractivity contribution in [2.24, 2.45) is 4.99 Å². The SMILES string of the molecule is C#Cc1ccc2c(c1)C(c1ccccc1F)=NCC(=O)C2. The Morgan fingerprint density at radius 2 is 1.95 bits per heavy atom. The Balaban J connectivity index is 2.24. The first-order chi connectivity index (χ1) is 10.2. The topological polar surface area (TPSA) is 29.4 Å². The molecule has 2 aromatic carbocycles. The van der Waals surface area contributed by atoms with E-state index in [1.807, 2.05) is 6.07 Å². The summed E-state index contributed by atoms with van der Waals surface area (Å²) in [5, 5.41) is 0. The molecule has 2 nitrogen and oxygen atoms in total. The van der Waals surface area contributed by atoms with Crippen molar-refractivity contribution < 1.29 is 9.18 Å². The van der Waals surface area contributed by atoms with E-state index in [9.17, 15) is 9.18 Å². The first-order valence-electron chi connectivity index (χ1n) is 6.60. The molecule has 0 N–H and O–H groups in total. The van der Waals surface area contributed by atoms with Crippen LogP contribution in [0, 0.1) is 18.2 Å². The lowest BCUT2D eigenvalue weighted by Gasteiger charge is -2.11. The molecule has 0 atom stereocenters. The molecule has 102 valence electrons. The minimum absolute atomic E-state index is 0.0102. The average molecular weight is 277 g/mol. The number of ketones is 1. The van der Waals surface area contributed by atoms with Gasteiger partial charge in [0.05, 0.1) is 12.3 Å². The van der Waals surface area contributed by atoms with E-state index < -0.39 is 0 Å². The number of hydrogen-bond acceptors (Lipinski definition) is 2. The van der Waals surface area contributed by atoms with Crippen LogP contribution in [-0.2, 0) is 11.2 Å². The summed E-state index contributed by atoms with van der Waals surface area (Å²) in [4.78, 5) is 16.1. The van der Waals surface area contributed by atoms with Gasteiger partial charge >= 0.3 is 0 Å². The molecule has 0 spiro atoms. The van der Waals surface area contributed by atoms with Crippen LogP contribution in [0.25, 0.3) is 0 Å². The van der Waals surface area contributed by atoms with Gasteiger partial charge in [0.25, 0.3) is 0 Å². The molecule has 3 rings (SSSR count). The van der Waals surface area contributed by atoms with Crippen LogP contribution in [0.15, 0.2) is 47.5 Å². The molecule has 0 saturated carbocycles. The summed E-state index contributed by atoms with van der Waals surface area (Å²) in [6, 6.07) is 11.8. The summed E-state index contributed by atoms with van der Waals surface area (Å²) in [5.41, 5.74) is 3.14. The van der Waals surface area contributed by atoms with Crippen molar-refractivity contribution in [1.29, 1.82) is 0 Å². The zero-order valence-electron chi connectivity index (χ0n) is 11.3. The fraction of sp³-hybridized carbons (Fsp3) is 0.111. The third-order valence-corrected chi connectivity index (χ3v) is 3.46. The lowest BCUT2D eigenvalue weighted by atomic mass is 9.94. The van der Waals surface area contributed by atoms with Crippen LogP contribution in [-0.4, -0.2) is 18.0 Å². The quantitative estimate of drug-likeness (QED) is 0.737. The fourth-order valence-electron chi connectivity index (χ4n) is 2.45. The molecule has 21 heavy (non-hydrogen) atoms. The van der Waals surface area contributed by atoms with Gasteiger partial charge in [0, 0.05) is 23.1 Å². The number of hydrogen-bond donors (Lipinski definition) is 0. The number of fused-ring (bicyclic) bond motifs is 1. The first kappa shape index (κ1) is 13.3. The number of aliphatic imine (C=N–C) groups is 1. The van der Waals surface area contributed by atoms with Gasteiger partial charge in [-0.2, -0.15) is 0 Å². The van der Waals surface area contributed by atoms with Gasteiger partial charge < -0.3 is 0 Å². The van der Waals surface area contributed by atoms with Crippen LogP contribution < -0.4 is 0 Å². The second kappa shape index (κ2) is 5.34. The maximum atomic E-state index is 14.1. The van der Waals surface area contributed by atoms with E-state index in [2.05, 4.69) is 10.9 Å². The molecule has 0 unspecified atom stereocenters. The highest BCUT2D eigenvalue weighted by molar-refractivity contribution is 6.15. The third-order valence-electron chi connectivity index (χ3n) is 3.46. The normalized spacial score (nSPS) is 13.9. The Morgan fingerprint density at radius 1 is 1.14 bits per heavy atom. The summed E-state index contributed by atoms with van der Waals surface area (Å²) in [5.74, 6) is 2.21. The van der Waals surface area contributed by atoms with Gasteiger partial charge in [0.2, 0.25) is 0 Å². The zero-order valence-corrected chi connectivity index (χ0v) is 11.3. The minimum atomic E-state index is -0.359. The largest absolute Gasteiger partial charge is 0.297 e. The molecule has 0 bridgehead atoms. The van der Waals surface area contributed by atoms with Gasteiger partial charge in [-0.25, -0.2) is 4.39 Å². The zero-order chi connectivity index (χ0) is 14.8. The predicted octanol–water partition coefficient (Wildman–Crippen LogP) is 2.77. The maximum absolute atomic E-state index is 14.1. The number of benzene rings is 2. The van der Waals surface area contributed by atoms with Crippen molar-refractivity contribution in [2.75, 3.05) is 6.54 Å². The van der Waals surface area contributed by atoms with Crippen molar-refractivity contribution in [3.05, 3.63) is 70.5 Å². The molecule has 0 aromatic heterocycles. The predicted molar refractivity (Wildman–Crippen MR) is 80.0 cm³/mol. The number of halogens is 1. The Morgan fingerprint density at radius 3 is 2.71 bits per heavy atom. The van der Waals surface area contributed by atoms with Crippen molar-refractivity contribution >= 4 is 11.5 Å². The molecular weight excluding hydrogens is 265 g/mol. The molecule has 0 amide bonds. The molecule has 3 heteroatoms. The number of nitrogens with zero attached hydrogens (tertiary/aromatic N) is 1. The highest BCUT2D eigenvalue weighted by atomic mass is 19.1. The summed E-state index contributed by atoms with van der Waals surface area (Å²) < 4.78 is 14.1. The summed E-state index contributed by atoms with van der Waals surface area (Å²) in [6.45, 7) is 0.0593. The molecular formula is C18H12FNO. The van der Waals surface area contributed by atoms with E-state index in [0.717, 1.165) is 11.1 Å². The highest BCUT2D eigenvalue weighted by Crippen LogP contribution is 2.22. The number of terminal acetylenes is 1. The highest BCUT2D eigenvalue weighted by Gasteiger charge is 2.20. The Bertz CT molecular complexity index is 799. The standard InChI is InChI=1S/C18H12FNO/c1-2-12-7-8-13-10-14(21)11-20-18(16(13)9-12)15-5-3-4-6-17(15)19/h1,3-9H,10-11H2. The molecule has 0 aliphatic carbocycles. The molecule has 0 saturated heterocycles.